The van der Waals surface area contributed by atoms with Gasteiger partial charge in [-0.05, 0) is 49.6 Å². The molecule has 1 saturated heterocycles. The summed E-state index contributed by atoms with van der Waals surface area (Å²) in [5, 5.41) is 0. The number of nitrogens with zero attached hydrogens (tertiary/aromatic N) is 4. The number of carbonyl (C=O) groups is 1. The summed E-state index contributed by atoms with van der Waals surface area (Å²) in [6.45, 7) is 3.11. The van der Waals surface area contributed by atoms with E-state index in [2.05, 4.69) is 16.0 Å². The molecule has 0 radical (unpaired) electrons. The molecule has 2 aromatic heterocycles. The molecule has 1 aliphatic heterocycles. The highest BCUT2D eigenvalue weighted by Gasteiger charge is 2.32. The monoisotopic (exact) mass is 340 g/mol. The van der Waals surface area contributed by atoms with Crippen LogP contribution < -0.4 is 9.64 Å². The van der Waals surface area contributed by atoms with Crippen molar-refractivity contribution >= 4 is 11.7 Å². The van der Waals surface area contributed by atoms with Crippen molar-refractivity contribution in [1.29, 1.82) is 0 Å². The van der Waals surface area contributed by atoms with Crippen molar-refractivity contribution in [2.45, 2.75) is 25.8 Å². The van der Waals surface area contributed by atoms with Gasteiger partial charge in [-0.1, -0.05) is 0 Å². The summed E-state index contributed by atoms with van der Waals surface area (Å²) < 4.78 is 5.53. The number of likely N-dealkylation sites (tertiary alicyclic amines) is 1. The van der Waals surface area contributed by atoms with Gasteiger partial charge in [-0.2, -0.15) is 0 Å². The second kappa shape index (κ2) is 7.51. The molecule has 0 aliphatic carbocycles. The molecule has 132 valence electrons. The van der Waals surface area contributed by atoms with Crippen LogP contribution in [0.3, 0.4) is 0 Å². The highest BCUT2D eigenvalue weighted by Crippen LogP contribution is 2.35. The second-order valence-corrected chi connectivity index (χ2v) is 6.29. The lowest BCUT2D eigenvalue weighted by molar-refractivity contribution is 0.0730. The maximum Gasteiger partial charge on any atom is 0.259 e. The van der Waals surface area contributed by atoms with E-state index < -0.39 is 0 Å². The van der Waals surface area contributed by atoms with E-state index in [-0.39, 0.29) is 11.9 Å². The van der Waals surface area contributed by atoms with E-state index in [1.807, 2.05) is 36.9 Å². The molecule has 3 rings (SSSR count). The number of anilines is 1. The molecular weight excluding hydrogens is 316 g/mol. The van der Waals surface area contributed by atoms with Crippen LogP contribution in [0.15, 0.2) is 36.7 Å². The predicted molar refractivity (Wildman–Crippen MR) is 97.0 cm³/mol. The molecule has 1 unspecified atom stereocenters. The zero-order chi connectivity index (χ0) is 17.8. The number of ether oxygens (including phenoxy) is 1. The van der Waals surface area contributed by atoms with E-state index >= 15 is 0 Å². The van der Waals surface area contributed by atoms with Gasteiger partial charge < -0.3 is 14.5 Å². The number of rotatable bonds is 5. The minimum atomic E-state index is -0.0257. The van der Waals surface area contributed by atoms with E-state index in [1.165, 1.54) is 0 Å². The maximum absolute atomic E-state index is 13.1. The summed E-state index contributed by atoms with van der Waals surface area (Å²) in [6.07, 6.45) is 5.39. The Morgan fingerprint density at radius 1 is 1.32 bits per heavy atom. The van der Waals surface area contributed by atoms with Crippen LogP contribution in [0.2, 0.25) is 0 Å². The van der Waals surface area contributed by atoms with Crippen LogP contribution in [0.4, 0.5) is 5.82 Å². The molecule has 0 spiro atoms. The zero-order valence-electron chi connectivity index (χ0n) is 15.0. The largest absolute Gasteiger partial charge is 0.477 e. The quantitative estimate of drug-likeness (QED) is 0.837. The van der Waals surface area contributed by atoms with Crippen LogP contribution in [0.1, 0.15) is 41.7 Å². The topological polar surface area (TPSA) is 58.6 Å². The van der Waals surface area contributed by atoms with Gasteiger partial charge in [0, 0.05) is 33.0 Å². The van der Waals surface area contributed by atoms with E-state index in [0.29, 0.717) is 18.1 Å². The van der Waals surface area contributed by atoms with Gasteiger partial charge >= 0.3 is 0 Å². The lowest BCUT2D eigenvalue weighted by atomic mass is 10.0. The molecule has 0 bridgehead atoms. The Hall–Kier alpha value is -2.63. The molecular formula is C19H24N4O2. The molecule has 1 amide bonds. The molecule has 1 aliphatic rings. The first-order valence-corrected chi connectivity index (χ1v) is 8.64. The first kappa shape index (κ1) is 17.2. The lowest BCUT2D eigenvalue weighted by Gasteiger charge is -2.26. The molecule has 2 aromatic rings. The minimum Gasteiger partial charge on any atom is -0.477 e. The SMILES string of the molecule is CCOc1ncccc1C(=O)N1CCCC1c1ccnc(N(C)C)c1. The number of pyridine rings is 2. The summed E-state index contributed by atoms with van der Waals surface area (Å²) in [5.41, 5.74) is 1.64. The molecule has 1 atom stereocenters. The number of hydrogen-bond acceptors (Lipinski definition) is 5. The van der Waals surface area contributed by atoms with Gasteiger partial charge in [0.2, 0.25) is 5.88 Å². The van der Waals surface area contributed by atoms with Crippen LogP contribution in [-0.4, -0.2) is 48.0 Å². The number of amides is 1. The van der Waals surface area contributed by atoms with Crippen molar-refractivity contribution in [3.63, 3.8) is 0 Å². The number of carbonyl (C=O) groups excluding carboxylic acids is 1. The van der Waals surface area contributed by atoms with Gasteiger partial charge in [-0.3, -0.25) is 4.79 Å². The first-order chi connectivity index (χ1) is 12.1. The summed E-state index contributed by atoms with van der Waals surface area (Å²) in [4.78, 5) is 25.6. The van der Waals surface area contributed by atoms with Crippen LogP contribution >= 0.6 is 0 Å². The average Bonchev–Trinajstić information content (AvgIpc) is 3.12. The van der Waals surface area contributed by atoms with Crippen LogP contribution in [0.25, 0.3) is 0 Å². The Kier molecular flexibility index (Phi) is 5.16. The maximum atomic E-state index is 13.1. The van der Waals surface area contributed by atoms with Gasteiger partial charge in [0.25, 0.3) is 5.91 Å². The number of aromatic nitrogens is 2. The van der Waals surface area contributed by atoms with Crippen LogP contribution in [0, 0.1) is 0 Å². The Bertz CT molecular complexity index is 748. The molecule has 6 nitrogen and oxygen atoms in total. The fraction of sp³-hybridized carbons (Fsp3) is 0.421. The predicted octanol–water partition coefficient (Wildman–Crippen LogP) is 2.92. The van der Waals surface area contributed by atoms with Crippen molar-refractivity contribution in [1.82, 2.24) is 14.9 Å². The minimum absolute atomic E-state index is 0.0257. The van der Waals surface area contributed by atoms with E-state index in [9.17, 15) is 4.79 Å². The summed E-state index contributed by atoms with van der Waals surface area (Å²) >= 11 is 0. The van der Waals surface area contributed by atoms with Gasteiger partial charge in [-0.15, -0.1) is 0 Å². The Labute approximate surface area is 148 Å². The van der Waals surface area contributed by atoms with Crippen LogP contribution in [-0.2, 0) is 0 Å². The highest BCUT2D eigenvalue weighted by molar-refractivity contribution is 5.96. The fourth-order valence-corrected chi connectivity index (χ4v) is 3.20. The lowest BCUT2D eigenvalue weighted by Crippen LogP contribution is -2.31. The summed E-state index contributed by atoms with van der Waals surface area (Å²) in [6, 6.07) is 7.67. The van der Waals surface area contributed by atoms with Crippen molar-refractivity contribution in [3.8, 4) is 5.88 Å². The van der Waals surface area contributed by atoms with Crippen molar-refractivity contribution < 1.29 is 9.53 Å². The van der Waals surface area contributed by atoms with Crippen LogP contribution in [0.5, 0.6) is 5.88 Å². The molecule has 0 N–H and O–H groups in total. The van der Waals surface area contributed by atoms with E-state index in [1.54, 1.807) is 24.5 Å². The third-order valence-electron chi connectivity index (χ3n) is 4.41. The first-order valence-electron chi connectivity index (χ1n) is 8.64. The smallest absolute Gasteiger partial charge is 0.259 e. The fourth-order valence-electron chi connectivity index (χ4n) is 3.20. The molecule has 6 heteroatoms. The van der Waals surface area contributed by atoms with Gasteiger partial charge in [0.05, 0.1) is 12.6 Å². The van der Waals surface area contributed by atoms with Crippen molar-refractivity contribution in [2.75, 3.05) is 32.1 Å². The Morgan fingerprint density at radius 3 is 2.92 bits per heavy atom. The molecule has 1 fully saturated rings. The molecule has 0 saturated carbocycles. The summed E-state index contributed by atoms with van der Waals surface area (Å²) in [5.74, 6) is 1.28. The normalized spacial score (nSPS) is 16.8. The van der Waals surface area contributed by atoms with Gasteiger partial charge in [0.15, 0.2) is 0 Å². The van der Waals surface area contributed by atoms with E-state index in [0.717, 1.165) is 30.8 Å². The second-order valence-electron chi connectivity index (χ2n) is 6.29. The highest BCUT2D eigenvalue weighted by atomic mass is 16.5. The number of hydrogen-bond donors (Lipinski definition) is 0. The molecule has 3 heterocycles. The molecule has 0 aromatic carbocycles. The van der Waals surface area contributed by atoms with E-state index in [4.69, 9.17) is 4.74 Å². The standard InChI is InChI=1S/C19H24N4O2/c1-4-25-18-15(7-5-10-21-18)19(24)23-12-6-8-16(23)14-9-11-20-17(13-14)22(2)3/h5,7,9-11,13,16H,4,6,8,12H2,1-3H3. The Balaban J connectivity index is 1.89. The van der Waals surface area contributed by atoms with Gasteiger partial charge in [0.1, 0.15) is 11.4 Å². The molecule has 25 heavy (non-hydrogen) atoms. The third-order valence-corrected chi connectivity index (χ3v) is 4.41. The van der Waals surface area contributed by atoms with Crippen molar-refractivity contribution in [2.24, 2.45) is 0 Å². The van der Waals surface area contributed by atoms with Gasteiger partial charge in [-0.25, -0.2) is 9.97 Å². The third kappa shape index (κ3) is 3.57. The average molecular weight is 340 g/mol. The Morgan fingerprint density at radius 2 is 2.16 bits per heavy atom. The van der Waals surface area contributed by atoms with Crippen molar-refractivity contribution in [3.05, 3.63) is 47.8 Å². The zero-order valence-corrected chi connectivity index (χ0v) is 15.0. The summed E-state index contributed by atoms with van der Waals surface area (Å²) in [7, 11) is 3.93.